The highest BCUT2D eigenvalue weighted by Crippen LogP contribution is 2.36. The summed E-state index contributed by atoms with van der Waals surface area (Å²) >= 11 is 0. The molecular formula is C19H29NO3. The summed E-state index contributed by atoms with van der Waals surface area (Å²) < 4.78 is 10.7. The molecule has 2 aliphatic carbocycles. The van der Waals surface area contributed by atoms with Crippen LogP contribution in [0.2, 0.25) is 0 Å². The van der Waals surface area contributed by atoms with Gasteiger partial charge in [-0.1, -0.05) is 26.0 Å². The molecule has 2 atom stereocenters. The molecule has 0 aromatic heterocycles. The van der Waals surface area contributed by atoms with Gasteiger partial charge in [0.15, 0.2) is 0 Å². The topological polar surface area (TPSA) is 59.4 Å². The average Bonchev–Trinajstić information content (AvgIpc) is 3.02. The summed E-state index contributed by atoms with van der Waals surface area (Å²) in [6, 6.07) is 0. The standard InChI is InChI=1S/C19H29NO3/c1-13(19(21)22-3)12-15-8-7-11-17(15)14(2)18(20)23-16-9-5-4-6-10-16/h11,13,15-16,20H,2,4-10,12H2,1,3H3/t13?,15-/m1/s1. The van der Waals surface area contributed by atoms with Gasteiger partial charge < -0.3 is 9.47 Å². The van der Waals surface area contributed by atoms with Crippen LogP contribution in [0.1, 0.15) is 58.3 Å². The summed E-state index contributed by atoms with van der Waals surface area (Å²) in [4.78, 5) is 11.6. The van der Waals surface area contributed by atoms with Crippen molar-refractivity contribution in [3.63, 3.8) is 0 Å². The Morgan fingerprint density at radius 2 is 2.04 bits per heavy atom. The Morgan fingerprint density at radius 3 is 2.70 bits per heavy atom. The molecule has 2 aliphatic rings. The van der Waals surface area contributed by atoms with Crippen molar-refractivity contribution in [1.82, 2.24) is 0 Å². The Labute approximate surface area is 139 Å². The first kappa shape index (κ1) is 17.8. The minimum atomic E-state index is -0.171. The number of ether oxygens (including phenoxy) is 2. The molecule has 0 aromatic rings. The molecule has 0 spiro atoms. The molecule has 0 bridgehead atoms. The van der Waals surface area contributed by atoms with Crippen molar-refractivity contribution in [1.29, 1.82) is 5.41 Å². The molecule has 2 rings (SSSR count). The maximum atomic E-state index is 11.6. The maximum Gasteiger partial charge on any atom is 0.308 e. The lowest BCUT2D eigenvalue weighted by Crippen LogP contribution is -2.23. The predicted octanol–water partition coefficient (Wildman–Crippen LogP) is 4.40. The molecule has 23 heavy (non-hydrogen) atoms. The smallest absolute Gasteiger partial charge is 0.308 e. The Morgan fingerprint density at radius 1 is 1.35 bits per heavy atom. The van der Waals surface area contributed by atoms with Gasteiger partial charge in [-0.2, -0.15) is 0 Å². The van der Waals surface area contributed by atoms with E-state index in [0.717, 1.165) is 37.7 Å². The van der Waals surface area contributed by atoms with E-state index in [0.29, 0.717) is 5.57 Å². The Bertz CT molecular complexity index is 489. The van der Waals surface area contributed by atoms with Crippen molar-refractivity contribution in [3.05, 3.63) is 23.8 Å². The molecule has 0 saturated heterocycles. The zero-order valence-electron chi connectivity index (χ0n) is 14.4. The van der Waals surface area contributed by atoms with Crippen molar-refractivity contribution in [2.24, 2.45) is 11.8 Å². The van der Waals surface area contributed by atoms with E-state index in [2.05, 4.69) is 12.7 Å². The van der Waals surface area contributed by atoms with Crippen molar-refractivity contribution >= 4 is 11.9 Å². The molecule has 0 aliphatic heterocycles. The van der Waals surface area contributed by atoms with Gasteiger partial charge in [0.25, 0.3) is 0 Å². The summed E-state index contributed by atoms with van der Waals surface area (Å²) in [6.45, 7) is 5.99. The largest absolute Gasteiger partial charge is 0.474 e. The summed E-state index contributed by atoms with van der Waals surface area (Å²) in [6.07, 6.45) is 10.8. The second kappa shape index (κ2) is 8.32. The lowest BCUT2D eigenvalue weighted by Gasteiger charge is -2.25. The highest BCUT2D eigenvalue weighted by molar-refractivity contribution is 5.95. The molecule has 0 radical (unpaired) electrons. The zero-order valence-corrected chi connectivity index (χ0v) is 14.4. The number of allylic oxidation sites excluding steroid dienone is 1. The molecule has 0 aromatic carbocycles. The van der Waals surface area contributed by atoms with Crippen LogP contribution in [0, 0.1) is 17.2 Å². The van der Waals surface area contributed by atoms with E-state index in [4.69, 9.17) is 14.9 Å². The second-order valence-corrected chi connectivity index (χ2v) is 6.78. The van der Waals surface area contributed by atoms with Gasteiger partial charge in [-0.05, 0) is 56.4 Å². The molecule has 1 unspecified atom stereocenters. The molecule has 1 saturated carbocycles. The minimum absolute atomic E-state index is 0.132. The molecule has 4 nitrogen and oxygen atoms in total. The molecule has 128 valence electrons. The summed E-state index contributed by atoms with van der Waals surface area (Å²) in [5.74, 6) is 0.177. The number of carbonyl (C=O) groups is 1. The van der Waals surface area contributed by atoms with Gasteiger partial charge in [0.2, 0.25) is 5.90 Å². The summed E-state index contributed by atoms with van der Waals surface area (Å²) in [7, 11) is 1.43. The van der Waals surface area contributed by atoms with E-state index in [9.17, 15) is 4.79 Å². The second-order valence-electron chi connectivity index (χ2n) is 6.78. The van der Waals surface area contributed by atoms with Crippen LogP contribution in [-0.2, 0) is 14.3 Å². The first-order valence-corrected chi connectivity index (χ1v) is 8.75. The Hall–Kier alpha value is -1.58. The lowest BCUT2D eigenvalue weighted by atomic mass is 9.87. The number of rotatable bonds is 6. The normalized spacial score (nSPS) is 23.0. The fourth-order valence-electron chi connectivity index (χ4n) is 3.65. The lowest BCUT2D eigenvalue weighted by molar-refractivity contribution is -0.145. The predicted molar refractivity (Wildman–Crippen MR) is 91.4 cm³/mol. The highest BCUT2D eigenvalue weighted by Gasteiger charge is 2.28. The van der Waals surface area contributed by atoms with E-state index >= 15 is 0 Å². The minimum Gasteiger partial charge on any atom is -0.474 e. The highest BCUT2D eigenvalue weighted by atomic mass is 16.5. The van der Waals surface area contributed by atoms with Crippen LogP contribution in [0.15, 0.2) is 23.8 Å². The van der Waals surface area contributed by atoms with Crippen LogP contribution < -0.4 is 0 Å². The number of methoxy groups -OCH3 is 1. The van der Waals surface area contributed by atoms with Gasteiger partial charge in [0.1, 0.15) is 6.10 Å². The van der Waals surface area contributed by atoms with Crippen LogP contribution in [0.25, 0.3) is 0 Å². The SMILES string of the molecule is C=C(C(=N)OC1CCCCC1)C1=CCC[C@@H]1CC(C)C(=O)OC. The van der Waals surface area contributed by atoms with Gasteiger partial charge >= 0.3 is 5.97 Å². The Kier molecular flexibility index (Phi) is 6.43. The van der Waals surface area contributed by atoms with E-state index in [1.54, 1.807) is 0 Å². The third-order valence-electron chi connectivity index (χ3n) is 5.02. The molecule has 0 heterocycles. The zero-order chi connectivity index (χ0) is 16.8. The van der Waals surface area contributed by atoms with Crippen molar-refractivity contribution in [2.75, 3.05) is 7.11 Å². The third kappa shape index (κ3) is 4.69. The van der Waals surface area contributed by atoms with E-state index in [1.165, 1.54) is 26.4 Å². The van der Waals surface area contributed by atoms with Crippen LogP contribution in [-0.4, -0.2) is 25.1 Å². The van der Waals surface area contributed by atoms with Crippen molar-refractivity contribution < 1.29 is 14.3 Å². The van der Waals surface area contributed by atoms with Crippen LogP contribution >= 0.6 is 0 Å². The van der Waals surface area contributed by atoms with Gasteiger partial charge in [0.05, 0.1) is 13.0 Å². The Balaban J connectivity index is 1.91. The first-order valence-electron chi connectivity index (χ1n) is 8.75. The van der Waals surface area contributed by atoms with E-state index in [1.807, 2.05) is 6.92 Å². The fraction of sp³-hybridized carbons (Fsp3) is 0.684. The van der Waals surface area contributed by atoms with Crippen molar-refractivity contribution in [3.8, 4) is 0 Å². The number of hydrogen-bond donors (Lipinski definition) is 1. The molecule has 0 amide bonds. The molecule has 1 N–H and O–H groups in total. The van der Waals surface area contributed by atoms with Crippen molar-refractivity contribution in [2.45, 2.75) is 64.4 Å². The van der Waals surface area contributed by atoms with E-state index < -0.39 is 0 Å². The van der Waals surface area contributed by atoms with E-state index in [-0.39, 0.29) is 29.8 Å². The third-order valence-corrected chi connectivity index (χ3v) is 5.02. The first-order chi connectivity index (χ1) is 11.0. The van der Waals surface area contributed by atoms with Crippen LogP contribution in [0.3, 0.4) is 0 Å². The van der Waals surface area contributed by atoms with Crippen LogP contribution in [0.4, 0.5) is 0 Å². The molecule has 4 heteroatoms. The number of carbonyl (C=O) groups excluding carboxylic acids is 1. The monoisotopic (exact) mass is 319 g/mol. The average molecular weight is 319 g/mol. The van der Waals surface area contributed by atoms with Gasteiger partial charge in [-0.3, -0.25) is 10.2 Å². The van der Waals surface area contributed by atoms with Gasteiger partial charge in [-0.15, -0.1) is 0 Å². The number of hydrogen-bond acceptors (Lipinski definition) is 4. The molecular weight excluding hydrogens is 290 g/mol. The number of nitrogens with one attached hydrogen (secondary N) is 1. The molecule has 1 fully saturated rings. The maximum absolute atomic E-state index is 11.6. The van der Waals surface area contributed by atoms with Gasteiger partial charge in [-0.25, -0.2) is 0 Å². The number of esters is 1. The summed E-state index contributed by atoms with van der Waals surface area (Å²) in [5, 5.41) is 8.23. The fourth-order valence-corrected chi connectivity index (χ4v) is 3.65. The quantitative estimate of drug-likeness (QED) is 0.448. The summed E-state index contributed by atoms with van der Waals surface area (Å²) in [5.41, 5.74) is 1.77. The van der Waals surface area contributed by atoms with Crippen LogP contribution in [0.5, 0.6) is 0 Å². The van der Waals surface area contributed by atoms with Gasteiger partial charge in [0, 0.05) is 5.57 Å².